The normalized spacial score (nSPS) is 18.8. The maximum absolute atomic E-state index is 13.6. The predicted molar refractivity (Wildman–Crippen MR) is 284 cm³/mol. The number of ether oxygens (including phenoxy) is 3. The van der Waals surface area contributed by atoms with Gasteiger partial charge in [0.15, 0.2) is 25.7 Å². The number of anilines is 1. The summed E-state index contributed by atoms with van der Waals surface area (Å²) in [5, 5.41) is 2.54. The number of aryl methyl sites for hydroxylation is 1. The Bertz CT molecular complexity index is 2540. The highest BCUT2D eigenvalue weighted by Gasteiger charge is 2.54. The van der Waals surface area contributed by atoms with E-state index in [0.29, 0.717) is 24.9 Å². The number of hydrogen-bond donors (Lipinski definition) is 2. The van der Waals surface area contributed by atoms with Crippen molar-refractivity contribution in [3.8, 4) is 5.75 Å². The highest BCUT2D eigenvalue weighted by atomic mass is 32.8. The Morgan fingerprint density at radius 3 is 2.10 bits per heavy atom. The summed E-state index contributed by atoms with van der Waals surface area (Å²) in [4.78, 5) is 42.3. The van der Waals surface area contributed by atoms with Crippen LogP contribution in [0.1, 0.15) is 97.2 Å². The molecule has 5 aromatic rings. The molecule has 3 unspecified atom stereocenters. The molecule has 69 heavy (non-hydrogen) atoms. The summed E-state index contributed by atoms with van der Waals surface area (Å²) in [6.07, 6.45) is -0.262. The van der Waals surface area contributed by atoms with Crippen molar-refractivity contribution in [2.75, 3.05) is 31.7 Å². The fourth-order valence-corrected chi connectivity index (χ4v) is 12.0. The third-order valence-corrected chi connectivity index (χ3v) is 19.9. The largest absolute Gasteiger partial charge is 0.497 e. The van der Waals surface area contributed by atoms with Gasteiger partial charge in [-0.15, -0.1) is 0 Å². The maximum Gasteiger partial charge on any atom is 0.280 e. The molecule has 0 spiro atoms. The lowest BCUT2D eigenvalue weighted by molar-refractivity contribution is -0.118. The van der Waals surface area contributed by atoms with Crippen molar-refractivity contribution in [1.82, 2.24) is 24.2 Å². The molecule has 3 heterocycles. The number of carbonyl (C=O) groups excluding carboxylic acids is 1. The molecule has 18 heteroatoms. The number of benzene rings is 3. The average molecular weight is 1020 g/mol. The van der Waals surface area contributed by atoms with Crippen molar-refractivity contribution >= 4 is 62.0 Å². The van der Waals surface area contributed by atoms with Crippen LogP contribution in [0.2, 0.25) is 18.1 Å². The average Bonchev–Trinajstić information content (AvgIpc) is 3.88. The van der Waals surface area contributed by atoms with Gasteiger partial charge in [0.1, 0.15) is 38.0 Å². The Labute approximate surface area is 420 Å². The van der Waals surface area contributed by atoms with Crippen LogP contribution in [-0.2, 0) is 51.2 Å². The first kappa shape index (κ1) is 55.6. The topological polar surface area (TPSA) is 146 Å². The smallest absolute Gasteiger partial charge is 0.280 e. The number of nitrogens with one attached hydrogen (secondary N) is 2. The van der Waals surface area contributed by atoms with Gasteiger partial charge in [-0.05, 0) is 81.6 Å². The van der Waals surface area contributed by atoms with Crippen LogP contribution in [0.5, 0.6) is 5.75 Å². The number of rotatable bonds is 20. The van der Waals surface area contributed by atoms with Gasteiger partial charge in [0.25, 0.3) is 5.56 Å². The summed E-state index contributed by atoms with van der Waals surface area (Å²) >= 11 is 7.33. The highest BCUT2D eigenvalue weighted by molar-refractivity contribution is 8.07. The Morgan fingerprint density at radius 2 is 1.55 bits per heavy atom. The first-order valence-electron chi connectivity index (χ1n) is 23.5. The number of imidazole rings is 1. The number of H-pyrrole nitrogens is 1. The molecule has 1 saturated heterocycles. The van der Waals surface area contributed by atoms with Gasteiger partial charge in [-0.2, -0.15) is 4.98 Å². The molecule has 6 atom stereocenters. The second kappa shape index (κ2) is 24.2. The number of amides is 1. The van der Waals surface area contributed by atoms with Crippen LogP contribution >= 0.6 is 8.30 Å². The molecule has 1 aliphatic rings. The van der Waals surface area contributed by atoms with Crippen molar-refractivity contribution in [3.63, 3.8) is 0 Å². The standard InChI is InChI=1S/C51H70N7O7PSi.S2/c1-33(2)46(59)55-49-54-45-42(47(60)56-49)53-32-57(45)48-44(65-67(13,14)50(8,9)10)43(64-66(30-18-29-52-11)58(34(3)4)35(5)6)41(63-48)31-62-51(37-19-16-15-17-20-37,38-23-21-36(7)22-24-38)39-25-27-40(61-12)28-26-39;1-2/h15-17,19-28,32-35,41,43-44,48H,18,29-31H2,1-10,12-14H3,(H2,54,55,56,59,60);/t41-,43?,44+,48-,51?,66?;/m1./s1. The number of aromatic nitrogens is 4. The minimum absolute atomic E-state index is 0.00330. The van der Waals surface area contributed by atoms with Crippen LogP contribution in [0.15, 0.2) is 90.0 Å². The summed E-state index contributed by atoms with van der Waals surface area (Å²) in [6, 6.07) is 26.8. The molecule has 6 rings (SSSR count). The van der Waals surface area contributed by atoms with Crippen LogP contribution < -0.4 is 15.6 Å². The molecule has 2 N–H and O–H groups in total. The van der Waals surface area contributed by atoms with Crippen LogP contribution in [-0.4, -0.2) is 95.2 Å². The molecule has 0 aliphatic carbocycles. The third-order valence-electron chi connectivity index (χ3n) is 12.8. The molecule has 1 fully saturated rings. The number of carbonyl (C=O) groups is 1. The van der Waals surface area contributed by atoms with E-state index in [1.807, 2.05) is 42.5 Å². The van der Waals surface area contributed by atoms with E-state index in [1.54, 1.807) is 31.9 Å². The highest BCUT2D eigenvalue weighted by Crippen LogP contribution is 2.52. The number of methoxy groups -OCH3 is 1. The van der Waals surface area contributed by atoms with Gasteiger partial charge in [-0.1, -0.05) is 107 Å². The van der Waals surface area contributed by atoms with Gasteiger partial charge in [-0.25, -0.2) is 11.6 Å². The molecule has 0 saturated carbocycles. The Kier molecular flexibility index (Phi) is 19.5. The van der Waals surface area contributed by atoms with E-state index in [-0.39, 0.29) is 52.7 Å². The summed E-state index contributed by atoms with van der Waals surface area (Å²) in [6.45, 7) is 33.3. The Hall–Kier alpha value is -4.34. The molecule has 372 valence electrons. The summed E-state index contributed by atoms with van der Waals surface area (Å²) in [5.74, 6) is 0.0683. The lowest BCUT2D eigenvalue weighted by atomic mass is 9.79. The quantitative estimate of drug-likeness (QED) is 0.0252. The molecule has 1 amide bonds. The van der Waals surface area contributed by atoms with Crippen molar-refractivity contribution in [3.05, 3.63) is 129 Å². The third kappa shape index (κ3) is 12.8. The lowest BCUT2D eigenvalue weighted by Crippen LogP contribution is -2.50. The molecule has 14 nitrogen and oxygen atoms in total. The molecule has 3 aromatic carbocycles. The number of nitrogens with zero attached hydrogens (tertiary/aromatic N) is 5. The van der Waals surface area contributed by atoms with E-state index in [2.05, 4.69) is 152 Å². The maximum atomic E-state index is 13.6. The van der Waals surface area contributed by atoms with Crippen molar-refractivity contribution < 1.29 is 28.0 Å². The second-order valence-corrected chi connectivity index (χ2v) is 26.3. The minimum atomic E-state index is -2.64. The zero-order valence-corrected chi connectivity index (χ0v) is 45.8. The van der Waals surface area contributed by atoms with E-state index in [1.165, 1.54) is 0 Å². The Balaban J connectivity index is 0.00000438. The van der Waals surface area contributed by atoms with E-state index in [9.17, 15) is 9.59 Å². The summed E-state index contributed by atoms with van der Waals surface area (Å²) in [5.41, 5.74) is 2.50. The van der Waals surface area contributed by atoms with Gasteiger partial charge >= 0.3 is 0 Å². The van der Waals surface area contributed by atoms with Crippen LogP contribution in [0.25, 0.3) is 16.0 Å². The minimum Gasteiger partial charge on any atom is -0.497 e. The fraction of sp³-hybridized carbons (Fsp3) is 0.510. The Morgan fingerprint density at radius 1 is 0.957 bits per heavy atom. The predicted octanol–water partition coefficient (Wildman–Crippen LogP) is 10.4. The molecule has 0 radical (unpaired) electrons. The monoisotopic (exact) mass is 1020 g/mol. The zero-order chi connectivity index (χ0) is 50.8. The number of aromatic amines is 1. The van der Waals surface area contributed by atoms with Gasteiger partial charge in [0, 0.05) is 53.0 Å². The van der Waals surface area contributed by atoms with Crippen LogP contribution in [0.3, 0.4) is 0 Å². The van der Waals surface area contributed by atoms with Gasteiger partial charge < -0.3 is 28.0 Å². The zero-order valence-electron chi connectivity index (χ0n) is 42.3. The van der Waals surface area contributed by atoms with Gasteiger partial charge in [0.05, 0.1) is 20.0 Å². The van der Waals surface area contributed by atoms with E-state index in [4.69, 9.17) is 34.7 Å². The van der Waals surface area contributed by atoms with Gasteiger partial charge in [0.2, 0.25) is 18.4 Å². The second-order valence-electron chi connectivity index (χ2n) is 19.7. The SMILES string of the molecule is S=S.[C-]#[N+]CCCP(OC1[C@@H](COC(c2ccccc2)(c2ccc(C)cc2)c2ccc(OC)cc2)O[C@@H](n2cnc3c(=O)[nH]c(NC(=O)C(C)C)nc32)[C@H]1O[Si](C)(C)C(C)(C)C)N(C(C)C)C(C)C. The first-order valence-corrected chi connectivity index (χ1v) is 29.1. The lowest BCUT2D eigenvalue weighted by Gasteiger charge is -2.43. The molecule has 0 bridgehead atoms. The van der Waals surface area contributed by atoms with Crippen LogP contribution in [0, 0.1) is 19.4 Å². The number of fused-ring (bicyclic) bond motifs is 1. The fourth-order valence-electron chi connectivity index (χ4n) is 8.27. The van der Waals surface area contributed by atoms with Crippen molar-refractivity contribution in [2.24, 2.45) is 5.92 Å². The number of hydrogen-bond acceptors (Lipinski definition) is 12. The molecular weight excluding hydrogens is 946 g/mol. The van der Waals surface area contributed by atoms with E-state index >= 15 is 0 Å². The first-order chi connectivity index (χ1) is 32.7. The van der Waals surface area contributed by atoms with E-state index in [0.717, 1.165) is 22.3 Å². The van der Waals surface area contributed by atoms with Crippen molar-refractivity contribution in [1.29, 1.82) is 0 Å². The molecule has 2 aromatic heterocycles. The molecule has 1 aliphatic heterocycles. The summed E-state index contributed by atoms with van der Waals surface area (Å²) < 4.78 is 39.8. The summed E-state index contributed by atoms with van der Waals surface area (Å²) in [7, 11) is -2.32. The van der Waals surface area contributed by atoms with E-state index < -0.39 is 52.3 Å². The van der Waals surface area contributed by atoms with Crippen molar-refractivity contribution in [2.45, 2.75) is 136 Å². The van der Waals surface area contributed by atoms with Crippen LogP contribution in [0.4, 0.5) is 5.95 Å². The molecular formula is C51H70N7O7PS2Si. The van der Waals surface area contributed by atoms with Gasteiger partial charge in [-0.3, -0.25) is 29.1 Å².